The molecule has 48 heavy (non-hydrogen) atoms. The van der Waals surface area contributed by atoms with Gasteiger partial charge in [-0.2, -0.15) is 0 Å². The highest BCUT2D eigenvalue weighted by Crippen LogP contribution is 2.39. The molecule has 2 aliphatic carbocycles. The fourth-order valence-electron chi connectivity index (χ4n) is 8.02. The van der Waals surface area contributed by atoms with E-state index in [-0.39, 0.29) is 6.61 Å². The summed E-state index contributed by atoms with van der Waals surface area (Å²) >= 11 is 0. The average Bonchev–Trinajstić information content (AvgIpc) is 3.14. The molecular weight excluding hydrogens is 592 g/mol. The molecule has 4 heteroatoms. The van der Waals surface area contributed by atoms with E-state index in [4.69, 9.17) is 9.47 Å². The largest absolute Gasteiger partial charge is 0.458 e. The van der Waals surface area contributed by atoms with E-state index in [1.54, 1.807) is 0 Å². The lowest BCUT2D eigenvalue weighted by Crippen LogP contribution is -2.19. The van der Waals surface area contributed by atoms with E-state index in [1.165, 1.54) is 114 Å². The lowest BCUT2D eigenvalue weighted by atomic mass is 9.77. The van der Waals surface area contributed by atoms with Crippen LogP contribution in [0.25, 0.3) is 0 Å². The predicted octanol–water partition coefficient (Wildman–Crippen LogP) is 12.1. The van der Waals surface area contributed by atoms with Gasteiger partial charge in [0.05, 0.1) is 11.1 Å². The van der Waals surface area contributed by atoms with E-state index in [0.717, 1.165) is 17.4 Å². The highest BCUT2D eigenvalue weighted by Gasteiger charge is 2.25. The Hall–Kier alpha value is -3.40. The van der Waals surface area contributed by atoms with Crippen LogP contribution in [0, 0.1) is 11.8 Å². The van der Waals surface area contributed by atoms with E-state index in [1.807, 2.05) is 54.6 Å². The fraction of sp³-hybridized carbons (Fsp3) is 0.545. The second-order valence-corrected chi connectivity index (χ2v) is 14.6. The normalized spacial score (nSPS) is 21.7. The predicted molar refractivity (Wildman–Crippen MR) is 195 cm³/mol. The molecule has 3 aromatic carbocycles. The monoisotopic (exact) mass is 650 g/mol. The first-order chi connectivity index (χ1) is 23.5. The number of rotatable bonds is 16. The van der Waals surface area contributed by atoms with Gasteiger partial charge in [0.25, 0.3) is 0 Å². The third kappa shape index (κ3) is 10.5. The van der Waals surface area contributed by atoms with Crippen molar-refractivity contribution in [3.8, 4) is 0 Å². The smallest absolute Gasteiger partial charge is 0.338 e. The van der Waals surface area contributed by atoms with Gasteiger partial charge in [-0.25, -0.2) is 9.59 Å². The Morgan fingerprint density at radius 2 is 1.04 bits per heavy atom. The Labute approximate surface area is 290 Å². The number of hydrogen-bond acceptors (Lipinski definition) is 4. The molecule has 2 aliphatic rings. The van der Waals surface area contributed by atoms with Crippen molar-refractivity contribution in [2.75, 3.05) is 6.61 Å². The quantitative estimate of drug-likeness (QED) is 0.114. The van der Waals surface area contributed by atoms with Gasteiger partial charge in [-0.3, -0.25) is 0 Å². The molecule has 5 rings (SSSR count). The molecule has 0 heterocycles. The summed E-state index contributed by atoms with van der Waals surface area (Å²) in [5, 5.41) is 0. The first-order valence-electron chi connectivity index (χ1n) is 19.2. The number of unbranched alkanes of at least 4 members (excludes halogenated alkanes) is 4. The van der Waals surface area contributed by atoms with Gasteiger partial charge in [0, 0.05) is 0 Å². The second-order valence-electron chi connectivity index (χ2n) is 14.6. The molecule has 0 N–H and O–H groups in total. The summed E-state index contributed by atoms with van der Waals surface area (Å²) in [6, 6.07) is 25.5. The average molecular weight is 651 g/mol. The van der Waals surface area contributed by atoms with E-state index in [2.05, 4.69) is 38.1 Å². The third-order valence-corrected chi connectivity index (χ3v) is 11.1. The molecule has 1 atom stereocenters. The number of ether oxygens (including phenoxy) is 2. The van der Waals surface area contributed by atoms with Crippen molar-refractivity contribution in [1.29, 1.82) is 0 Å². The second kappa shape index (κ2) is 19.0. The van der Waals surface area contributed by atoms with Crippen LogP contribution in [0.1, 0.15) is 172 Å². The summed E-state index contributed by atoms with van der Waals surface area (Å²) in [5.74, 6) is 2.09. The highest BCUT2D eigenvalue weighted by molar-refractivity contribution is 5.90. The van der Waals surface area contributed by atoms with Crippen LogP contribution in [-0.4, -0.2) is 18.5 Å². The van der Waals surface area contributed by atoms with Crippen LogP contribution in [0.15, 0.2) is 78.9 Å². The summed E-state index contributed by atoms with van der Waals surface area (Å²) in [4.78, 5) is 26.4. The highest BCUT2D eigenvalue weighted by atomic mass is 16.6. The van der Waals surface area contributed by atoms with Crippen molar-refractivity contribution in [3.63, 3.8) is 0 Å². The van der Waals surface area contributed by atoms with E-state index in [9.17, 15) is 9.59 Å². The summed E-state index contributed by atoms with van der Waals surface area (Å²) in [6.45, 7) is 4.50. The Morgan fingerprint density at radius 3 is 1.50 bits per heavy atom. The van der Waals surface area contributed by atoms with Crippen molar-refractivity contribution >= 4 is 11.9 Å². The van der Waals surface area contributed by atoms with Gasteiger partial charge >= 0.3 is 11.9 Å². The van der Waals surface area contributed by atoms with Gasteiger partial charge in [0.1, 0.15) is 6.61 Å². The molecule has 2 fully saturated rings. The van der Waals surface area contributed by atoms with Crippen LogP contribution in [0.5, 0.6) is 0 Å². The molecule has 0 radical (unpaired) electrons. The Bertz CT molecular complexity index is 1360. The van der Waals surface area contributed by atoms with Gasteiger partial charge in [-0.1, -0.05) is 120 Å². The molecule has 3 aromatic rings. The van der Waals surface area contributed by atoms with E-state index < -0.39 is 18.0 Å². The maximum atomic E-state index is 13.3. The summed E-state index contributed by atoms with van der Waals surface area (Å²) < 4.78 is 11.7. The molecule has 0 bridgehead atoms. The van der Waals surface area contributed by atoms with Gasteiger partial charge in [-0.05, 0) is 116 Å². The van der Waals surface area contributed by atoms with Crippen LogP contribution in [-0.2, 0) is 9.47 Å². The first kappa shape index (κ1) is 35.9. The molecule has 0 spiro atoms. The standard InChI is InChI=1S/C44H58O4/c1-3-5-8-12-33-16-20-35(21-17-33)37-24-28-40(29-25-37)43(45)47-32-42(39-14-10-7-11-15-39)48-44(46)41-30-26-38(27-31-41)36-22-18-34(19-23-36)13-9-6-4-2/h7,10-11,14-15,24-31,33-36,42H,3-6,8-9,12-13,16-23,32H2,1-2H3/t33?,34?,35?,36?,42-/m0/s1. The Kier molecular flexibility index (Phi) is 14.2. The summed E-state index contributed by atoms with van der Waals surface area (Å²) in [5.41, 5.74) is 4.47. The Morgan fingerprint density at radius 1 is 0.583 bits per heavy atom. The number of benzene rings is 3. The summed E-state index contributed by atoms with van der Waals surface area (Å²) in [6.07, 6.45) is 20.2. The van der Waals surface area contributed by atoms with Crippen LogP contribution >= 0.6 is 0 Å². The minimum absolute atomic E-state index is 0.0437. The van der Waals surface area contributed by atoms with Gasteiger partial charge in [0.2, 0.25) is 0 Å². The van der Waals surface area contributed by atoms with E-state index >= 15 is 0 Å². The zero-order valence-corrected chi connectivity index (χ0v) is 29.5. The SMILES string of the molecule is CCCCCC1CCC(c2ccc(C(=O)OC[C@H](OC(=O)c3ccc(C4CCC(CCCCC)CC4)cc3)c3ccccc3)cc2)CC1. The molecule has 4 nitrogen and oxygen atoms in total. The van der Waals surface area contributed by atoms with Gasteiger partial charge in [-0.15, -0.1) is 0 Å². The number of carbonyl (C=O) groups is 2. The van der Waals surface area contributed by atoms with Crippen LogP contribution < -0.4 is 0 Å². The lowest BCUT2D eigenvalue weighted by Gasteiger charge is -2.29. The maximum absolute atomic E-state index is 13.3. The van der Waals surface area contributed by atoms with Crippen LogP contribution in [0.4, 0.5) is 0 Å². The van der Waals surface area contributed by atoms with Crippen LogP contribution in [0.2, 0.25) is 0 Å². The maximum Gasteiger partial charge on any atom is 0.338 e. The number of hydrogen-bond donors (Lipinski definition) is 0. The number of carbonyl (C=O) groups excluding carboxylic acids is 2. The van der Waals surface area contributed by atoms with Gasteiger partial charge in [0.15, 0.2) is 6.10 Å². The molecule has 0 aliphatic heterocycles. The summed E-state index contributed by atoms with van der Waals surface area (Å²) in [7, 11) is 0. The minimum atomic E-state index is -0.697. The van der Waals surface area contributed by atoms with Crippen LogP contribution in [0.3, 0.4) is 0 Å². The molecule has 2 saturated carbocycles. The molecule has 258 valence electrons. The molecule has 0 amide bonds. The number of esters is 2. The minimum Gasteiger partial charge on any atom is -0.458 e. The van der Waals surface area contributed by atoms with Crippen molar-refractivity contribution in [3.05, 3.63) is 107 Å². The van der Waals surface area contributed by atoms with Crippen molar-refractivity contribution in [2.24, 2.45) is 11.8 Å². The zero-order valence-electron chi connectivity index (χ0n) is 29.5. The molecule has 0 saturated heterocycles. The van der Waals surface area contributed by atoms with E-state index in [0.29, 0.717) is 23.0 Å². The first-order valence-corrected chi connectivity index (χ1v) is 19.2. The zero-order chi connectivity index (χ0) is 33.6. The van der Waals surface area contributed by atoms with Crippen molar-refractivity contribution in [2.45, 2.75) is 135 Å². The molecular formula is C44H58O4. The van der Waals surface area contributed by atoms with Crippen molar-refractivity contribution in [1.82, 2.24) is 0 Å². The van der Waals surface area contributed by atoms with Crippen molar-refractivity contribution < 1.29 is 19.1 Å². The van der Waals surface area contributed by atoms with Gasteiger partial charge < -0.3 is 9.47 Å². The lowest BCUT2D eigenvalue weighted by molar-refractivity contribution is -0.00134. The third-order valence-electron chi connectivity index (χ3n) is 11.1. The molecule has 0 aromatic heterocycles. The topological polar surface area (TPSA) is 52.6 Å². The molecule has 0 unspecified atom stereocenters. The fourth-order valence-corrected chi connectivity index (χ4v) is 8.02. The Balaban J connectivity index is 1.12.